The monoisotopic (exact) mass is 394 g/mol. The third-order valence-electron chi connectivity index (χ3n) is 4.16. The summed E-state index contributed by atoms with van der Waals surface area (Å²) in [6, 6.07) is 5.98. The number of piperazine rings is 1. The first-order chi connectivity index (χ1) is 13.2. The molecule has 28 heavy (non-hydrogen) atoms. The summed E-state index contributed by atoms with van der Waals surface area (Å²) in [5.41, 5.74) is 5.58. The molecule has 2 rings (SSSR count). The van der Waals surface area contributed by atoms with Gasteiger partial charge in [0.25, 0.3) is 0 Å². The highest BCUT2D eigenvalue weighted by molar-refractivity contribution is 5.78. The van der Waals surface area contributed by atoms with Crippen molar-refractivity contribution >= 4 is 12.1 Å². The maximum absolute atomic E-state index is 12.8. The van der Waals surface area contributed by atoms with Crippen LogP contribution in [0.15, 0.2) is 29.3 Å². The highest BCUT2D eigenvalue weighted by Crippen LogP contribution is 2.13. The molecular weight excluding hydrogens is 363 g/mol. The van der Waals surface area contributed by atoms with Crippen molar-refractivity contribution in [3.8, 4) is 5.75 Å². The van der Waals surface area contributed by atoms with Gasteiger partial charge < -0.3 is 25.0 Å². The van der Waals surface area contributed by atoms with E-state index < -0.39 is 5.60 Å². The zero-order chi connectivity index (χ0) is 20.6. The van der Waals surface area contributed by atoms with Crippen LogP contribution >= 0.6 is 0 Å². The van der Waals surface area contributed by atoms with Crippen LogP contribution in [0.5, 0.6) is 5.75 Å². The van der Waals surface area contributed by atoms with Gasteiger partial charge >= 0.3 is 6.09 Å². The number of halogens is 1. The Morgan fingerprint density at radius 1 is 1.11 bits per heavy atom. The molecule has 0 saturated carbocycles. The largest absolute Gasteiger partial charge is 0.494 e. The normalized spacial score (nSPS) is 15.5. The molecule has 1 aromatic rings. The maximum atomic E-state index is 12.8. The number of nitrogens with zero attached hydrogens (tertiary/aromatic N) is 3. The number of carbonyl (C=O) groups excluding carboxylic acids is 1. The number of guanidine groups is 1. The summed E-state index contributed by atoms with van der Waals surface area (Å²) in [7, 11) is 0. The Kier molecular flexibility index (Phi) is 7.90. The van der Waals surface area contributed by atoms with Crippen molar-refractivity contribution < 1.29 is 18.7 Å². The maximum Gasteiger partial charge on any atom is 0.410 e. The summed E-state index contributed by atoms with van der Waals surface area (Å²) < 4.78 is 23.8. The standard InChI is InChI=1S/C20H31FN4O3/c1-20(2,3)28-19(26)25-13-11-24(12-14-25)18(22)23-10-4-5-15-27-17-8-6-16(21)7-9-17/h6-9H,4-5,10-15H2,1-3H3,(H2,22,23). The number of benzene rings is 1. The van der Waals surface area contributed by atoms with Crippen molar-refractivity contribution in [3.63, 3.8) is 0 Å². The van der Waals surface area contributed by atoms with Gasteiger partial charge in [-0.3, -0.25) is 4.99 Å². The lowest BCUT2D eigenvalue weighted by atomic mass is 10.2. The van der Waals surface area contributed by atoms with E-state index in [2.05, 4.69) is 4.99 Å². The predicted molar refractivity (Wildman–Crippen MR) is 107 cm³/mol. The number of unbranched alkanes of at least 4 members (excludes halogenated alkanes) is 1. The summed E-state index contributed by atoms with van der Waals surface area (Å²) in [6.45, 7) is 9.15. The number of rotatable bonds is 6. The van der Waals surface area contributed by atoms with Crippen molar-refractivity contribution in [3.05, 3.63) is 30.1 Å². The van der Waals surface area contributed by atoms with Gasteiger partial charge in [-0.05, 0) is 57.9 Å². The fourth-order valence-electron chi connectivity index (χ4n) is 2.67. The molecule has 0 atom stereocenters. The first-order valence-corrected chi connectivity index (χ1v) is 9.66. The van der Waals surface area contributed by atoms with E-state index in [1.807, 2.05) is 25.7 Å². The molecule has 1 aromatic carbocycles. The van der Waals surface area contributed by atoms with Gasteiger partial charge in [0, 0.05) is 32.7 Å². The zero-order valence-corrected chi connectivity index (χ0v) is 17.0. The highest BCUT2D eigenvalue weighted by atomic mass is 19.1. The quantitative estimate of drug-likeness (QED) is 0.456. The van der Waals surface area contributed by atoms with Crippen LogP contribution in [0.25, 0.3) is 0 Å². The van der Waals surface area contributed by atoms with Crippen LogP contribution in [0, 0.1) is 5.82 Å². The van der Waals surface area contributed by atoms with E-state index in [0.29, 0.717) is 51.0 Å². The predicted octanol–water partition coefficient (Wildman–Crippen LogP) is 2.85. The first-order valence-electron chi connectivity index (χ1n) is 9.66. The van der Waals surface area contributed by atoms with E-state index in [1.54, 1.807) is 17.0 Å². The molecule has 0 bridgehead atoms. The van der Waals surface area contributed by atoms with Crippen LogP contribution in [0.1, 0.15) is 33.6 Å². The number of amides is 1. The first kappa shape index (κ1) is 21.8. The van der Waals surface area contributed by atoms with E-state index in [1.165, 1.54) is 12.1 Å². The molecule has 8 heteroatoms. The van der Waals surface area contributed by atoms with E-state index in [-0.39, 0.29) is 11.9 Å². The lowest BCUT2D eigenvalue weighted by molar-refractivity contribution is 0.0186. The van der Waals surface area contributed by atoms with Crippen LogP contribution in [-0.2, 0) is 4.74 Å². The third-order valence-corrected chi connectivity index (χ3v) is 4.16. The van der Waals surface area contributed by atoms with E-state index in [4.69, 9.17) is 15.2 Å². The Labute approximate surface area is 166 Å². The van der Waals surface area contributed by atoms with E-state index >= 15 is 0 Å². The van der Waals surface area contributed by atoms with Gasteiger partial charge in [-0.25, -0.2) is 9.18 Å². The molecular formula is C20H31FN4O3. The zero-order valence-electron chi connectivity index (χ0n) is 17.0. The molecule has 0 radical (unpaired) electrons. The second-order valence-corrected chi connectivity index (χ2v) is 7.70. The van der Waals surface area contributed by atoms with Crippen molar-refractivity contribution in [2.75, 3.05) is 39.3 Å². The third kappa shape index (κ3) is 7.62. The second kappa shape index (κ2) is 10.1. The smallest absolute Gasteiger partial charge is 0.410 e. The fourth-order valence-corrected chi connectivity index (χ4v) is 2.67. The van der Waals surface area contributed by atoms with Gasteiger partial charge in [0.1, 0.15) is 17.2 Å². The van der Waals surface area contributed by atoms with Crippen LogP contribution in [0.3, 0.4) is 0 Å². The molecule has 1 fully saturated rings. The molecule has 1 saturated heterocycles. The summed E-state index contributed by atoms with van der Waals surface area (Å²) in [5.74, 6) is 0.889. The average Bonchev–Trinajstić information content (AvgIpc) is 2.64. The van der Waals surface area contributed by atoms with Gasteiger partial charge in [0.05, 0.1) is 6.61 Å². The van der Waals surface area contributed by atoms with Crippen molar-refractivity contribution in [2.45, 2.75) is 39.2 Å². The number of ether oxygens (including phenoxy) is 2. The van der Waals surface area contributed by atoms with Crippen LogP contribution in [-0.4, -0.2) is 66.8 Å². The topological polar surface area (TPSA) is 80.4 Å². The van der Waals surface area contributed by atoms with E-state index in [9.17, 15) is 9.18 Å². The molecule has 1 heterocycles. The van der Waals surface area contributed by atoms with Gasteiger partial charge in [0.2, 0.25) is 0 Å². The molecule has 0 aromatic heterocycles. The Balaban J connectivity index is 1.62. The Bertz CT molecular complexity index is 650. The molecule has 156 valence electrons. The van der Waals surface area contributed by atoms with Crippen LogP contribution in [0.4, 0.5) is 9.18 Å². The van der Waals surface area contributed by atoms with Crippen molar-refractivity contribution in [2.24, 2.45) is 10.7 Å². The number of aliphatic imine (C=N–C) groups is 1. The fraction of sp³-hybridized carbons (Fsp3) is 0.600. The highest BCUT2D eigenvalue weighted by Gasteiger charge is 2.26. The van der Waals surface area contributed by atoms with E-state index in [0.717, 1.165) is 12.8 Å². The molecule has 0 spiro atoms. The molecule has 1 amide bonds. The van der Waals surface area contributed by atoms with Gasteiger partial charge in [0.15, 0.2) is 5.96 Å². The van der Waals surface area contributed by atoms with Crippen LogP contribution in [0.2, 0.25) is 0 Å². The number of carbonyl (C=O) groups is 1. The lowest BCUT2D eigenvalue weighted by Crippen LogP contribution is -2.53. The van der Waals surface area contributed by atoms with Crippen molar-refractivity contribution in [1.29, 1.82) is 0 Å². The average molecular weight is 394 g/mol. The van der Waals surface area contributed by atoms with Gasteiger partial charge in [-0.2, -0.15) is 0 Å². The Morgan fingerprint density at radius 3 is 2.32 bits per heavy atom. The summed E-state index contributed by atoms with van der Waals surface area (Å²) in [6.07, 6.45) is 1.39. The summed E-state index contributed by atoms with van der Waals surface area (Å²) in [5, 5.41) is 0. The Hall–Kier alpha value is -2.51. The summed E-state index contributed by atoms with van der Waals surface area (Å²) >= 11 is 0. The minimum absolute atomic E-state index is 0.274. The minimum Gasteiger partial charge on any atom is -0.494 e. The van der Waals surface area contributed by atoms with Crippen molar-refractivity contribution in [1.82, 2.24) is 9.80 Å². The molecule has 1 aliphatic rings. The summed E-state index contributed by atoms with van der Waals surface area (Å²) in [4.78, 5) is 20.2. The van der Waals surface area contributed by atoms with Crippen LogP contribution < -0.4 is 10.5 Å². The molecule has 1 aliphatic heterocycles. The number of hydrogen-bond donors (Lipinski definition) is 1. The lowest BCUT2D eigenvalue weighted by Gasteiger charge is -2.36. The Morgan fingerprint density at radius 2 is 1.71 bits per heavy atom. The SMILES string of the molecule is CC(C)(C)OC(=O)N1CCN(C(N)=NCCCCOc2ccc(F)cc2)CC1. The molecule has 0 aliphatic carbocycles. The molecule has 2 N–H and O–H groups in total. The molecule has 0 unspecified atom stereocenters. The number of hydrogen-bond acceptors (Lipinski definition) is 4. The molecule has 7 nitrogen and oxygen atoms in total. The van der Waals surface area contributed by atoms with Gasteiger partial charge in [-0.15, -0.1) is 0 Å². The second-order valence-electron chi connectivity index (χ2n) is 7.70. The minimum atomic E-state index is -0.491. The van der Waals surface area contributed by atoms with Gasteiger partial charge in [-0.1, -0.05) is 0 Å². The number of nitrogens with two attached hydrogens (primary N) is 1.